The van der Waals surface area contributed by atoms with Gasteiger partial charge in [0.15, 0.2) is 0 Å². The van der Waals surface area contributed by atoms with Crippen LogP contribution >= 0.6 is 27.3 Å². The first kappa shape index (κ1) is 13.7. The third kappa shape index (κ3) is 2.65. The van der Waals surface area contributed by atoms with E-state index in [2.05, 4.69) is 32.9 Å². The largest absolute Gasteiger partial charge is 0.386 e. The SMILES string of the molecule is CCc1nn(C)c(CC(O)c2nc(C)cs2)c1Br. The lowest BCUT2D eigenvalue weighted by atomic mass is 10.2. The molecule has 0 bridgehead atoms. The molecule has 1 unspecified atom stereocenters. The third-order valence-electron chi connectivity index (χ3n) is 2.81. The Hall–Kier alpha value is -0.720. The lowest BCUT2D eigenvalue weighted by molar-refractivity contribution is 0.175. The molecule has 0 aliphatic heterocycles. The molecule has 18 heavy (non-hydrogen) atoms. The maximum Gasteiger partial charge on any atom is 0.122 e. The highest BCUT2D eigenvalue weighted by Gasteiger charge is 2.19. The molecular formula is C12H16BrN3OS. The van der Waals surface area contributed by atoms with E-state index in [4.69, 9.17) is 0 Å². The summed E-state index contributed by atoms with van der Waals surface area (Å²) in [6, 6.07) is 0. The van der Waals surface area contributed by atoms with Crippen molar-refractivity contribution in [2.75, 3.05) is 0 Å². The molecule has 0 aromatic carbocycles. The van der Waals surface area contributed by atoms with Crippen molar-refractivity contribution in [1.82, 2.24) is 14.8 Å². The summed E-state index contributed by atoms with van der Waals surface area (Å²) in [5.41, 5.74) is 2.98. The van der Waals surface area contributed by atoms with Crippen molar-refractivity contribution < 1.29 is 5.11 Å². The molecule has 0 saturated heterocycles. The van der Waals surface area contributed by atoms with Gasteiger partial charge < -0.3 is 5.11 Å². The number of aliphatic hydroxyl groups excluding tert-OH is 1. The number of rotatable bonds is 4. The van der Waals surface area contributed by atoms with Gasteiger partial charge in [-0.3, -0.25) is 4.68 Å². The smallest absolute Gasteiger partial charge is 0.122 e. The van der Waals surface area contributed by atoms with Crippen molar-refractivity contribution in [3.05, 3.63) is 31.9 Å². The van der Waals surface area contributed by atoms with E-state index < -0.39 is 6.10 Å². The highest BCUT2D eigenvalue weighted by atomic mass is 79.9. The van der Waals surface area contributed by atoms with Gasteiger partial charge in [-0.15, -0.1) is 11.3 Å². The maximum absolute atomic E-state index is 10.2. The second-order valence-corrected chi connectivity index (χ2v) is 5.91. The average molecular weight is 330 g/mol. The van der Waals surface area contributed by atoms with Crippen LogP contribution in [0.1, 0.15) is 35.1 Å². The molecule has 2 heterocycles. The summed E-state index contributed by atoms with van der Waals surface area (Å²) in [4.78, 5) is 4.32. The second-order valence-electron chi connectivity index (χ2n) is 4.23. The van der Waals surface area contributed by atoms with Gasteiger partial charge in [-0.25, -0.2) is 4.98 Å². The van der Waals surface area contributed by atoms with E-state index in [1.807, 2.05) is 24.0 Å². The molecule has 98 valence electrons. The lowest BCUT2D eigenvalue weighted by Gasteiger charge is -2.08. The van der Waals surface area contributed by atoms with Crippen LogP contribution in [0.5, 0.6) is 0 Å². The quantitative estimate of drug-likeness (QED) is 0.938. The van der Waals surface area contributed by atoms with E-state index >= 15 is 0 Å². The van der Waals surface area contributed by atoms with Crippen LogP contribution in [0, 0.1) is 6.92 Å². The zero-order valence-electron chi connectivity index (χ0n) is 10.6. The predicted octanol–water partition coefficient (Wildman–Crippen LogP) is 2.79. The molecule has 0 spiro atoms. The van der Waals surface area contributed by atoms with Crippen molar-refractivity contribution in [1.29, 1.82) is 0 Å². The maximum atomic E-state index is 10.2. The van der Waals surface area contributed by atoms with E-state index in [0.717, 1.165) is 33.0 Å². The summed E-state index contributed by atoms with van der Waals surface area (Å²) in [5, 5.41) is 17.3. The predicted molar refractivity (Wildman–Crippen MR) is 75.8 cm³/mol. The van der Waals surface area contributed by atoms with E-state index in [0.29, 0.717) is 6.42 Å². The van der Waals surface area contributed by atoms with Crippen LogP contribution < -0.4 is 0 Å². The zero-order chi connectivity index (χ0) is 13.3. The van der Waals surface area contributed by atoms with E-state index in [1.54, 1.807) is 0 Å². The molecule has 0 aliphatic rings. The first-order chi connectivity index (χ1) is 8.52. The Kier molecular flexibility index (Phi) is 4.19. The highest BCUT2D eigenvalue weighted by Crippen LogP contribution is 2.27. The fourth-order valence-electron chi connectivity index (χ4n) is 1.84. The van der Waals surface area contributed by atoms with Crippen LogP contribution in [-0.4, -0.2) is 19.9 Å². The molecule has 1 N–H and O–H groups in total. The van der Waals surface area contributed by atoms with Gasteiger partial charge in [0.2, 0.25) is 0 Å². The lowest BCUT2D eigenvalue weighted by Crippen LogP contribution is -2.06. The summed E-state index contributed by atoms with van der Waals surface area (Å²) in [6.07, 6.45) is 0.831. The van der Waals surface area contributed by atoms with Gasteiger partial charge in [-0.1, -0.05) is 6.92 Å². The van der Waals surface area contributed by atoms with Gasteiger partial charge in [0, 0.05) is 24.5 Å². The molecule has 1 atom stereocenters. The molecule has 4 nitrogen and oxygen atoms in total. The number of halogens is 1. The van der Waals surface area contributed by atoms with Crippen LogP contribution in [0.15, 0.2) is 9.85 Å². The Morgan fingerprint density at radius 3 is 2.78 bits per heavy atom. The number of hydrogen-bond donors (Lipinski definition) is 1. The molecule has 2 aromatic rings. The Balaban J connectivity index is 2.21. The summed E-state index contributed by atoms with van der Waals surface area (Å²) in [7, 11) is 1.90. The average Bonchev–Trinajstić information content (AvgIpc) is 2.87. The normalized spacial score (nSPS) is 12.9. The van der Waals surface area contributed by atoms with Crippen LogP contribution in [0.2, 0.25) is 0 Å². The number of aliphatic hydroxyl groups is 1. The minimum Gasteiger partial charge on any atom is -0.386 e. The second kappa shape index (κ2) is 5.50. The van der Waals surface area contributed by atoms with Gasteiger partial charge in [0.05, 0.1) is 15.9 Å². The Bertz CT molecular complexity index is 550. The Morgan fingerprint density at radius 2 is 2.28 bits per heavy atom. The first-order valence-corrected chi connectivity index (χ1v) is 7.50. The van der Waals surface area contributed by atoms with Gasteiger partial charge in [-0.05, 0) is 29.3 Å². The molecule has 0 amide bonds. The van der Waals surface area contributed by atoms with Crippen molar-refractivity contribution >= 4 is 27.3 Å². The van der Waals surface area contributed by atoms with E-state index in [1.165, 1.54) is 11.3 Å². The summed E-state index contributed by atoms with van der Waals surface area (Å²) in [5.74, 6) is 0. The van der Waals surface area contributed by atoms with Gasteiger partial charge in [-0.2, -0.15) is 5.10 Å². The number of hydrogen-bond acceptors (Lipinski definition) is 4. The van der Waals surface area contributed by atoms with Crippen molar-refractivity contribution in [3.63, 3.8) is 0 Å². The number of aryl methyl sites for hydroxylation is 3. The minimum absolute atomic E-state index is 0.525. The highest BCUT2D eigenvalue weighted by molar-refractivity contribution is 9.10. The molecule has 2 aromatic heterocycles. The topological polar surface area (TPSA) is 50.9 Å². The monoisotopic (exact) mass is 329 g/mol. The number of nitrogens with zero attached hydrogens (tertiary/aromatic N) is 3. The molecule has 0 aliphatic carbocycles. The van der Waals surface area contributed by atoms with Crippen molar-refractivity contribution in [2.45, 2.75) is 32.8 Å². The standard InChI is InChI=1S/C12H16BrN3OS/c1-4-8-11(13)9(16(3)15-8)5-10(17)12-14-7(2)6-18-12/h6,10,17H,4-5H2,1-3H3. The van der Waals surface area contributed by atoms with Crippen LogP contribution in [-0.2, 0) is 19.9 Å². The molecule has 0 saturated carbocycles. The number of aromatic nitrogens is 3. The Labute approximate surface area is 119 Å². The molecule has 0 radical (unpaired) electrons. The molecule has 6 heteroatoms. The fraction of sp³-hybridized carbons (Fsp3) is 0.500. The minimum atomic E-state index is -0.569. The molecular weight excluding hydrogens is 314 g/mol. The van der Waals surface area contributed by atoms with Crippen molar-refractivity contribution in [3.8, 4) is 0 Å². The first-order valence-electron chi connectivity index (χ1n) is 5.83. The Morgan fingerprint density at radius 1 is 1.56 bits per heavy atom. The molecule has 2 rings (SSSR count). The van der Waals surface area contributed by atoms with E-state index in [9.17, 15) is 5.11 Å². The molecule has 0 fully saturated rings. The van der Waals surface area contributed by atoms with Crippen LogP contribution in [0.3, 0.4) is 0 Å². The summed E-state index contributed by atoms with van der Waals surface area (Å²) >= 11 is 5.05. The van der Waals surface area contributed by atoms with Gasteiger partial charge in [0.25, 0.3) is 0 Å². The summed E-state index contributed by atoms with van der Waals surface area (Å²) < 4.78 is 2.83. The third-order valence-corrected chi connectivity index (χ3v) is 4.79. The van der Waals surface area contributed by atoms with Gasteiger partial charge >= 0.3 is 0 Å². The van der Waals surface area contributed by atoms with E-state index in [-0.39, 0.29) is 0 Å². The number of thiazole rings is 1. The fourth-order valence-corrected chi connectivity index (χ4v) is 3.40. The van der Waals surface area contributed by atoms with Crippen molar-refractivity contribution in [2.24, 2.45) is 7.05 Å². The van der Waals surface area contributed by atoms with Crippen LogP contribution in [0.25, 0.3) is 0 Å². The zero-order valence-corrected chi connectivity index (χ0v) is 13.0. The van der Waals surface area contributed by atoms with Gasteiger partial charge in [0.1, 0.15) is 11.1 Å². The van der Waals surface area contributed by atoms with Crippen LogP contribution in [0.4, 0.5) is 0 Å². The summed E-state index contributed by atoms with van der Waals surface area (Å²) in [6.45, 7) is 4.00.